The van der Waals surface area contributed by atoms with Gasteiger partial charge in [-0.05, 0) is 48.2 Å². The molecule has 3 N–H and O–H groups in total. The second-order valence-corrected chi connectivity index (χ2v) is 6.94. The first-order valence-corrected chi connectivity index (χ1v) is 9.16. The Morgan fingerprint density at radius 1 is 1.00 bits per heavy atom. The number of benzene rings is 2. The highest BCUT2D eigenvalue weighted by atomic mass is 19.1. The molecular weight excluding hydrogens is 363 g/mol. The van der Waals surface area contributed by atoms with Crippen molar-refractivity contribution in [2.24, 2.45) is 0 Å². The highest BCUT2D eigenvalue weighted by Crippen LogP contribution is 2.34. The van der Waals surface area contributed by atoms with Crippen LogP contribution in [0.4, 0.5) is 9.18 Å². The predicted molar refractivity (Wildman–Crippen MR) is 102 cm³/mol. The Morgan fingerprint density at radius 2 is 1.64 bits per heavy atom. The topological polar surface area (TPSA) is 87.7 Å². The van der Waals surface area contributed by atoms with Gasteiger partial charge < -0.3 is 20.5 Å². The number of urea groups is 1. The summed E-state index contributed by atoms with van der Waals surface area (Å²) in [4.78, 5) is 23.1. The highest BCUT2D eigenvalue weighted by molar-refractivity contribution is 5.87. The van der Waals surface area contributed by atoms with Gasteiger partial charge >= 0.3 is 12.0 Å². The van der Waals surface area contributed by atoms with Crippen LogP contribution in [-0.2, 0) is 16.7 Å². The van der Waals surface area contributed by atoms with Crippen molar-refractivity contribution in [1.82, 2.24) is 10.6 Å². The number of carbonyl (C=O) groups excluding carboxylic acids is 1. The van der Waals surface area contributed by atoms with Crippen molar-refractivity contribution in [1.29, 1.82) is 0 Å². The maximum atomic E-state index is 13.3. The molecule has 0 bridgehead atoms. The zero-order valence-electron chi connectivity index (χ0n) is 15.4. The lowest BCUT2D eigenvalue weighted by Gasteiger charge is -2.38. The smallest absolute Gasteiger partial charge is 0.335 e. The third-order valence-electron chi connectivity index (χ3n) is 5.15. The third kappa shape index (κ3) is 4.86. The Kier molecular flexibility index (Phi) is 6.26. The summed E-state index contributed by atoms with van der Waals surface area (Å²) in [5, 5.41) is 14.6. The molecule has 0 unspecified atom stereocenters. The monoisotopic (exact) mass is 386 g/mol. The maximum absolute atomic E-state index is 13.3. The van der Waals surface area contributed by atoms with Gasteiger partial charge in [0.15, 0.2) is 0 Å². The average Bonchev–Trinajstić information content (AvgIpc) is 2.72. The van der Waals surface area contributed by atoms with Crippen LogP contribution >= 0.6 is 0 Å². The van der Waals surface area contributed by atoms with E-state index in [9.17, 15) is 14.0 Å². The van der Waals surface area contributed by atoms with Crippen molar-refractivity contribution in [2.75, 3.05) is 19.8 Å². The van der Waals surface area contributed by atoms with Crippen molar-refractivity contribution < 1.29 is 23.8 Å². The summed E-state index contributed by atoms with van der Waals surface area (Å²) >= 11 is 0. The van der Waals surface area contributed by atoms with Gasteiger partial charge in [0.25, 0.3) is 0 Å². The molecule has 0 spiro atoms. The molecule has 0 radical (unpaired) electrons. The molecule has 0 aromatic heterocycles. The van der Waals surface area contributed by atoms with E-state index in [0.29, 0.717) is 26.3 Å². The second kappa shape index (κ2) is 8.84. The lowest BCUT2D eigenvalue weighted by atomic mass is 9.74. The molecule has 2 amide bonds. The van der Waals surface area contributed by atoms with E-state index in [1.807, 2.05) is 0 Å². The number of carboxylic acids is 1. The van der Waals surface area contributed by atoms with E-state index in [-0.39, 0.29) is 22.8 Å². The van der Waals surface area contributed by atoms with E-state index in [1.54, 1.807) is 24.3 Å². The van der Waals surface area contributed by atoms with Crippen LogP contribution < -0.4 is 10.6 Å². The zero-order chi connectivity index (χ0) is 20.0. The molecule has 1 saturated heterocycles. The Bertz CT molecular complexity index is 815. The van der Waals surface area contributed by atoms with Crippen molar-refractivity contribution in [2.45, 2.75) is 24.8 Å². The number of amides is 2. The van der Waals surface area contributed by atoms with Crippen molar-refractivity contribution in [3.8, 4) is 0 Å². The summed E-state index contributed by atoms with van der Waals surface area (Å²) in [6, 6.07) is 12.4. The number of rotatable bonds is 6. The van der Waals surface area contributed by atoms with Gasteiger partial charge in [0.2, 0.25) is 0 Å². The lowest BCUT2D eigenvalue weighted by molar-refractivity contribution is 0.0506. The number of aromatic carboxylic acids is 1. The number of ether oxygens (including phenoxy) is 1. The highest BCUT2D eigenvalue weighted by Gasteiger charge is 2.34. The molecule has 2 aromatic rings. The first-order valence-electron chi connectivity index (χ1n) is 9.16. The van der Waals surface area contributed by atoms with Crippen LogP contribution in [0.2, 0.25) is 0 Å². The Balaban J connectivity index is 1.57. The molecule has 28 heavy (non-hydrogen) atoms. The van der Waals surface area contributed by atoms with Gasteiger partial charge in [-0.3, -0.25) is 0 Å². The summed E-state index contributed by atoms with van der Waals surface area (Å²) < 4.78 is 18.8. The molecule has 1 fully saturated rings. The Hall–Kier alpha value is -2.93. The number of nitrogens with one attached hydrogen (secondary N) is 2. The summed E-state index contributed by atoms with van der Waals surface area (Å²) in [6.07, 6.45) is 1.49. The molecule has 1 aliphatic rings. The molecule has 2 aromatic carbocycles. The van der Waals surface area contributed by atoms with E-state index in [2.05, 4.69) is 10.6 Å². The number of halogens is 1. The van der Waals surface area contributed by atoms with Gasteiger partial charge in [-0.2, -0.15) is 0 Å². The van der Waals surface area contributed by atoms with Crippen LogP contribution in [0.5, 0.6) is 0 Å². The van der Waals surface area contributed by atoms with Gasteiger partial charge in [0, 0.05) is 31.7 Å². The quantitative estimate of drug-likeness (QED) is 0.712. The van der Waals surface area contributed by atoms with Crippen LogP contribution in [0.15, 0.2) is 48.5 Å². The van der Waals surface area contributed by atoms with Gasteiger partial charge in [0.1, 0.15) is 5.82 Å². The molecule has 0 saturated carbocycles. The minimum absolute atomic E-state index is 0.203. The fraction of sp³-hybridized carbons (Fsp3) is 0.333. The molecule has 0 aliphatic carbocycles. The first-order chi connectivity index (χ1) is 13.5. The minimum atomic E-state index is -0.986. The molecular formula is C21H23FN2O4. The molecule has 7 heteroatoms. The van der Waals surface area contributed by atoms with Gasteiger partial charge in [0.05, 0.1) is 5.56 Å². The third-order valence-corrected chi connectivity index (χ3v) is 5.15. The largest absolute Gasteiger partial charge is 0.478 e. The van der Waals surface area contributed by atoms with Gasteiger partial charge in [-0.25, -0.2) is 14.0 Å². The maximum Gasteiger partial charge on any atom is 0.335 e. The summed E-state index contributed by atoms with van der Waals surface area (Å²) in [5.74, 6) is -1.27. The molecule has 1 aliphatic heterocycles. The number of hydrogen-bond acceptors (Lipinski definition) is 3. The molecule has 1 heterocycles. The summed E-state index contributed by atoms with van der Waals surface area (Å²) in [5.41, 5.74) is 1.71. The van der Waals surface area contributed by atoms with Crippen LogP contribution in [0, 0.1) is 5.82 Å². The standard InChI is InChI=1S/C21H23FN2O4/c22-18-7-5-17(6-8-18)21(9-11-28-12-10-21)14-24-20(27)23-13-15-1-3-16(4-2-15)19(25)26/h1-8H,9-14H2,(H,25,26)(H2,23,24,27). The first kappa shape index (κ1) is 19.8. The molecule has 6 nitrogen and oxygen atoms in total. The Labute approximate surface area is 162 Å². The van der Waals surface area contributed by atoms with Crippen LogP contribution in [0.3, 0.4) is 0 Å². The van der Waals surface area contributed by atoms with E-state index in [1.165, 1.54) is 24.3 Å². The van der Waals surface area contributed by atoms with E-state index in [0.717, 1.165) is 24.0 Å². The number of carbonyl (C=O) groups is 2. The predicted octanol–water partition coefficient (Wildman–Crippen LogP) is 3.07. The van der Waals surface area contributed by atoms with Crippen molar-refractivity contribution in [3.63, 3.8) is 0 Å². The van der Waals surface area contributed by atoms with Crippen LogP contribution in [0.1, 0.15) is 34.3 Å². The molecule has 3 rings (SSSR count). The van der Waals surface area contributed by atoms with Gasteiger partial charge in [-0.1, -0.05) is 24.3 Å². The van der Waals surface area contributed by atoms with Gasteiger partial charge in [-0.15, -0.1) is 0 Å². The SMILES string of the molecule is O=C(NCc1ccc(C(=O)O)cc1)NCC1(c2ccc(F)cc2)CCOCC1. The second-order valence-electron chi connectivity index (χ2n) is 6.94. The van der Waals surface area contributed by atoms with E-state index in [4.69, 9.17) is 9.84 Å². The van der Waals surface area contributed by atoms with E-state index < -0.39 is 5.97 Å². The van der Waals surface area contributed by atoms with Crippen molar-refractivity contribution in [3.05, 3.63) is 71.0 Å². The van der Waals surface area contributed by atoms with E-state index >= 15 is 0 Å². The average molecular weight is 386 g/mol. The normalized spacial score (nSPS) is 15.6. The lowest BCUT2D eigenvalue weighted by Crippen LogP contribution is -2.47. The number of carboxylic acid groups (broad SMARTS) is 1. The fourth-order valence-corrected chi connectivity index (χ4v) is 3.39. The zero-order valence-corrected chi connectivity index (χ0v) is 15.4. The fourth-order valence-electron chi connectivity index (χ4n) is 3.39. The van der Waals surface area contributed by atoms with Crippen LogP contribution in [-0.4, -0.2) is 36.9 Å². The summed E-state index contributed by atoms with van der Waals surface area (Å²) in [7, 11) is 0. The summed E-state index contributed by atoms with van der Waals surface area (Å²) in [6.45, 7) is 1.90. The Morgan fingerprint density at radius 3 is 2.25 bits per heavy atom. The van der Waals surface area contributed by atoms with Crippen LogP contribution in [0.25, 0.3) is 0 Å². The number of hydrogen-bond donors (Lipinski definition) is 3. The van der Waals surface area contributed by atoms with Crippen molar-refractivity contribution >= 4 is 12.0 Å². The minimum Gasteiger partial charge on any atom is -0.478 e. The molecule has 148 valence electrons. The molecule has 0 atom stereocenters.